The zero-order chi connectivity index (χ0) is 24.2. The fraction of sp³-hybridized carbons (Fsp3) is 0.269. The highest BCUT2D eigenvalue weighted by atomic mass is 19.1. The molecule has 1 heterocycles. The lowest BCUT2D eigenvalue weighted by molar-refractivity contribution is 0.277. The number of benzene rings is 2. The van der Waals surface area contributed by atoms with Crippen molar-refractivity contribution >= 4 is 5.69 Å². The van der Waals surface area contributed by atoms with Gasteiger partial charge in [-0.2, -0.15) is 10.5 Å². The molecule has 7 heteroatoms. The normalized spacial score (nSPS) is 10.8. The summed E-state index contributed by atoms with van der Waals surface area (Å²) >= 11 is 0. The second kappa shape index (κ2) is 12.8. The predicted octanol–water partition coefficient (Wildman–Crippen LogP) is 6.54. The lowest BCUT2D eigenvalue weighted by Crippen LogP contribution is -2.10. The van der Waals surface area contributed by atoms with Crippen molar-refractivity contribution in [3.05, 3.63) is 88.2 Å². The molecule has 0 saturated carbocycles. The number of hydrogen-bond donors (Lipinski definition) is 1. The quantitative estimate of drug-likeness (QED) is 0.423. The Morgan fingerprint density at radius 1 is 1.06 bits per heavy atom. The van der Waals surface area contributed by atoms with E-state index in [0.29, 0.717) is 22.3 Å². The first-order valence-electron chi connectivity index (χ1n) is 10.6. The number of rotatable bonds is 8. The smallest absolute Gasteiger partial charge is 0.150 e. The molecule has 1 N–H and O–H groups in total. The second-order valence-corrected chi connectivity index (χ2v) is 6.87. The number of nitriles is 2. The van der Waals surface area contributed by atoms with Crippen molar-refractivity contribution in [2.75, 3.05) is 5.32 Å². The van der Waals surface area contributed by atoms with E-state index in [0.717, 1.165) is 5.69 Å². The van der Waals surface area contributed by atoms with E-state index < -0.39 is 12.8 Å². The molecule has 33 heavy (non-hydrogen) atoms. The predicted molar refractivity (Wildman–Crippen MR) is 124 cm³/mol. The van der Waals surface area contributed by atoms with E-state index >= 15 is 0 Å². The van der Waals surface area contributed by atoms with Gasteiger partial charge in [0.15, 0.2) is 0 Å². The summed E-state index contributed by atoms with van der Waals surface area (Å²) in [5, 5.41) is 21.1. The highest BCUT2D eigenvalue weighted by Gasteiger charge is 2.21. The van der Waals surface area contributed by atoms with Gasteiger partial charge in [0.2, 0.25) is 0 Å². The van der Waals surface area contributed by atoms with E-state index in [1.165, 1.54) is 13.1 Å². The minimum Gasteiger partial charge on any atom is -0.486 e. The minimum atomic E-state index is -1.41. The fourth-order valence-corrected chi connectivity index (χ4v) is 3.16. The number of anilines is 1. The first kappa shape index (κ1) is 25.3. The van der Waals surface area contributed by atoms with Crippen LogP contribution in [0.3, 0.4) is 0 Å². The molecule has 0 aliphatic rings. The molecule has 0 saturated heterocycles. The highest BCUT2D eigenvalue weighted by Crippen LogP contribution is 2.35. The summed E-state index contributed by atoms with van der Waals surface area (Å²) in [7, 11) is 0. The van der Waals surface area contributed by atoms with Crippen LogP contribution in [-0.4, -0.2) is 4.98 Å². The molecule has 0 radical (unpaired) electrons. The molecule has 1 unspecified atom stereocenters. The summed E-state index contributed by atoms with van der Waals surface area (Å²) in [6.45, 7) is 4.77. The first-order valence-corrected chi connectivity index (χ1v) is 10.6. The molecule has 1 aromatic heterocycles. The van der Waals surface area contributed by atoms with Gasteiger partial charge in [0.25, 0.3) is 0 Å². The van der Waals surface area contributed by atoms with Gasteiger partial charge in [0.05, 0.1) is 23.3 Å². The van der Waals surface area contributed by atoms with Crippen LogP contribution >= 0.6 is 0 Å². The van der Waals surface area contributed by atoms with Crippen molar-refractivity contribution in [2.24, 2.45) is 0 Å². The van der Waals surface area contributed by atoms with E-state index in [2.05, 4.69) is 16.4 Å². The van der Waals surface area contributed by atoms with Crippen LogP contribution in [0.25, 0.3) is 0 Å². The molecular weight excluding hydrogens is 422 g/mol. The third-order valence-corrected chi connectivity index (χ3v) is 4.69. The summed E-state index contributed by atoms with van der Waals surface area (Å²) in [6.07, 6.45) is 0.0339. The molecule has 0 fully saturated rings. The van der Waals surface area contributed by atoms with Crippen LogP contribution in [0.2, 0.25) is 0 Å². The third kappa shape index (κ3) is 6.75. The minimum absolute atomic E-state index is 0.0260. The van der Waals surface area contributed by atoms with Crippen molar-refractivity contribution in [3.63, 3.8) is 0 Å². The molecule has 170 valence electrons. The van der Waals surface area contributed by atoms with Gasteiger partial charge in [-0.25, -0.2) is 8.78 Å². The molecule has 2 aromatic carbocycles. The Hall–Kier alpha value is -3.97. The van der Waals surface area contributed by atoms with Crippen LogP contribution in [0.5, 0.6) is 5.75 Å². The summed E-state index contributed by atoms with van der Waals surface area (Å²) < 4.78 is 34.0. The molecule has 0 spiro atoms. The number of hydrogen-bond acceptors (Lipinski definition) is 5. The number of nitrogens with one attached hydrogen (secondary N) is 1. The number of ether oxygens (including phenoxy) is 1. The monoisotopic (exact) mass is 448 g/mol. The maximum absolute atomic E-state index is 14.6. The van der Waals surface area contributed by atoms with Crippen molar-refractivity contribution in [1.29, 1.82) is 10.5 Å². The van der Waals surface area contributed by atoms with Gasteiger partial charge in [0.1, 0.15) is 30.9 Å². The molecule has 0 aliphatic carbocycles. The molecule has 0 amide bonds. The summed E-state index contributed by atoms with van der Waals surface area (Å²) in [5.41, 5.74) is 3.28. The van der Waals surface area contributed by atoms with Gasteiger partial charge in [-0.3, -0.25) is 4.98 Å². The van der Waals surface area contributed by atoms with E-state index in [1.807, 2.05) is 19.9 Å². The summed E-state index contributed by atoms with van der Waals surface area (Å²) in [4.78, 5) is 4.12. The average molecular weight is 449 g/mol. The van der Waals surface area contributed by atoms with Crippen LogP contribution in [0, 0.1) is 22.7 Å². The SMILES string of the molecule is CC.CC(F)c1c(CNc2ccc(C#N)cc2)cnc(CF)c1OCc1cccc(C#N)c1. The van der Waals surface area contributed by atoms with Crippen molar-refractivity contribution < 1.29 is 13.5 Å². The molecule has 0 bridgehead atoms. The molecular formula is C26H26F2N4O. The number of alkyl halides is 2. The number of aromatic nitrogens is 1. The first-order chi connectivity index (χ1) is 16.0. The molecule has 0 aliphatic heterocycles. The van der Waals surface area contributed by atoms with E-state index in [1.54, 1.807) is 48.5 Å². The standard InChI is InChI=1S/C24H20F2N4O.C2H6/c1-16(26)23-20(13-29-21-7-5-17(11-27)6-8-21)14-30-22(10-25)24(23)31-15-19-4-2-3-18(9-19)12-28;1-2/h2-9,14,16,29H,10,13,15H2,1H3;1-2H3. The Morgan fingerprint density at radius 2 is 1.76 bits per heavy atom. The zero-order valence-electron chi connectivity index (χ0n) is 18.9. The maximum Gasteiger partial charge on any atom is 0.150 e. The van der Waals surface area contributed by atoms with Crippen LogP contribution in [-0.2, 0) is 19.8 Å². The Kier molecular flexibility index (Phi) is 9.80. The van der Waals surface area contributed by atoms with Crippen LogP contribution < -0.4 is 10.1 Å². The Morgan fingerprint density at radius 3 is 2.36 bits per heavy atom. The maximum atomic E-state index is 14.6. The lowest BCUT2D eigenvalue weighted by Gasteiger charge is -2.19. The average Bonchev–Trinajstić information content (AvgIpc) is 2.87. The largest absolute Gasteiger partial charge is 0.486 e. The van der Waals surface area contributed by atoms with Gasteiger partial charge in [-0.05, 0) is 54.4 Å². The Bertz CT molecular complexity index is 1130. The Balaban J connectivity index is 0.00000187. The van der Waals surface area contributed by atoms with Gasteiger partial charge < -0.3 is 10.1 Å². The van der Waals surface area contributed by atoms with E-state index in [-0.39, 0.29) is 30.2 Å². The van der Waals surface area contributed by atoms with E-state index in [4.69, 9.17) is 15.3 Å². The van der Waals surface area contributed by atoms with Crippen molar-refractivity contribution in [2.45, 2.75) is 46.8 Å². The summed E-state index contributed by atoms with van der Waals surface area (Å²) in [6, 6.07) is 17.8. The van der Waals surface area contributed by atoms with Crippen molar-refractivity contribution in [3.8, 4) is 17.9 Å². The van der Waals surface area contributed by atoms with Gasteiger partial charge in [0, 0.05) is 24.0 Å². The van der Waals surface area contributed by atoms with Crippen molar-refractivity contribution in [1.82, 2.24) is 4.98 Å². The number of halogens is 2. The number of nitrogens with zero attached hydrogens (tertiary/aromatic N) is 3. The third-order valence-electron chi connectivity index (χ3n) is 4.69. The molecule has 5 nitrogen and oxygen atoms in total. The van der Waals surface area contributed by atoms with Crippen LogP contribution in [0.15, 0.2) is 54.7 Å². The Labute approximate surface area is 193 Å². The van der Waals surface area contributed by atoms with Crippen LogP contribution in [0.4, 0.5) is 14.5 Å². The second-order valence-electron chi connectivity index (χ2n) is 6.87. The molecule has 3 rings (SSSR count). The zero-order valence-corrected chi connectivity index (χ0v) is 18.9. The highest BCUT2D eigenvalue weighted by molar-refractivity contribution is 5.50. The van der Waals surface area contributed by atoms with Gasteiger partial charge in [-0.15, -0.1) is 0 Å². The molecule has 3 aromatic rings. The van der Waals surface area contributed by atoms with Gasteiger partial charge >= 0.3 is 0 Å². The fourth-order valence-electron chi connectivity index (χ4n) is 3.16. The number of pyridine rings is 1. The van der Waals surface area contributed by atoms with Gasteiger partial charge in [-0.1, -0.05) is 26.0 Å². The topological polar surface area (TPSA) is 81.7 Å². The van der Waals surface area contributed by atoms with E-state index in [9.17, 15) is 8.78 Å². The van der Waals surface area contributed by atoms with Crippen LogP contribution in [0.1, 0.15) is 60.5 Å². The molecule has 1 atom stereocenters. The summed E-state index contributed by atoms with van der Waals surface area (Å²) in [5.74, 6) is 0.0824. The lowest BCUT2D eigenvalue weighted by atomic mass is 10.0.